The van der Waals surface area contributed by atoms with Crippen molar-refractivity contribution in [1.29, 1.82) is 0 Å². The van der Waals surface area contributed by atoms with Crippen LogP contribution in [0, 0.1) is 0 Å². The van der Waals surface area contributed by atoms with Crippen molar-refractivity contribution in [2.24, 2.45) is 5.11 Å². The summed E-state index contributed by atoms with van der Waals surface area (Å²) in [5.41, 5.74) is 10.6. The average molecular weight is 230 g/mol. The Labute approximate surface area is 102 Å². The summed E-state index contributed by atoms with van der Waals surface area (Å²) in [6, 6.07) is 8.39. The zero-order valence-electron chi connectivity index (χ0n) is 10.1. The lowest BCUT2D eigenvalue weighted by Crippen LogP contribution is -2.11. The lowest BCUT2D eigenvalue weighted by molar-refractivity contribution is 0.727. The van der Waals surface area contributed by atoms with Gasteiger partial charge in [0.25, 0.3) is 0 Å². The quantitative estimate of drug-likeness (QED) is 0.331. The van der Waals surface area contributed by atoms with E-state index >= 15 is 0 Å². The van der Waals surface area contributed by atoms with Crippen molar-refractivity contribution in [3.8, 4) is 0 Å². The Morgan fingerprint density at radius 2 is 2.35 bits per heavy atom. The van der Waals surface area contributed by atoms with E-state index in [0.717, 1.165) is 19.5 Å². The predicted molar refractivity (Wildman–Crippen MR) is 71.5 cm³/mol. The maximum absolute atomic E-state index is 8.13. The second-order valence-electron chi connectivity index (χ2n) is 3.67. The molecule has 90 valence electrons. The molecule has 0 aliphatic rings. The first-order valence-corrected chi connectivity index (χ1v) is 5.84. The summed E-state index contributed by atoms with van der Waals surface area (Å²) in [7, 11) is 0. The van der Waals surface area contributed by atoms with Crippen LogP contribution in [0.5, 0.6) is 0 Å². The van der Waals surface area contributed by atoms with Crippen molar-refractivity contribution >= 4 is 6.08 Å². The zero-order valence-corrected chi connectivity index (χ0v) is 10.1. The van der Waals surface area contributed by atoms with Crippen LogP contribution in [-0.2, 0) is 6.54 Å². The molecule has 4 nitrogen and oxygen atoms in total. The van der Waals surface area contributed by atoms with Crippen LogP contribution in [0.2, 0.25) is 0 Å². The molecule has 1 N–H and O–H groups in total. The first kappa shape index (κ1) is 13.3. The van der Waals surface area contributed by atoms with Crippen LogP contribution in [0.4, 0.5) is 0 Å². The molecule has 0 aliphatic heterocycles. The fraction of sp³-hybridized carbons (Fsp3) is 0.385. The van der Waals surface area contributed by atoms with Crippen LogP contribution in [0.15, 0.2) is 35.5 Å². The van der Waals surface area contributed by atoms with Crippen molar-refractivity contribution in [2.75, 3.05) is 13.1 Å². The minimum Gasteiger partial charge on any atom is -0.313 e. The molecule has 0 bridgehead atoms. The van der Waals surface area contributed by atoms with Crippen LogP contribution in [0.1, 0.15) is 24.5 Å². The molecule has 1 aromatic rings. The van der Waals surface area contributed by atoms with Gasteiger partial charge in [0.15, 0.2) is 0 Å². The fourth-order valence-electron chi connectivity index (χ4n) is 1.47. The molecule has 0 saturated heterocycles. The third-order valence-corrected chi connectivity index (χ3v) is 2.30. The zero-order chi connectivity index (χ0) is 12.3. The molecular formula is C13H18N4. The molecule has 0 atom stereocenters. The molecule has 1 aromatic carbocycles. The molecule has 0 aliphatic carbocycles. The summed E-state index contributed by atoms with van der Waals surface area (Å²) in [6.45, 7) is 4.49. The van der Waals surface area contributed by atoms with Gasteiger partial charge >= 0.3 is 0 Å². The molecule has 0 heterocycles. The normalized spacial score (nSPS) is 10.4. The third kappa shape index (κ3) is 5.76. The van der Waals surface area contributed by atoms with Gasteiger partial charge in [-0.15, -0.1) is 0 Å². The number of nitrogens with one attached hydrogen (secondary N) is 1. The highest BCUT2D eigenvalue weighted by molar-refractivity contribution is 5.50. The number of azide groups is 1. The number of rotatable bonds is 7. The van der Waals surface area contributed by atoms with Crippen LogP contribution in [0.25, 0.3) is 16.5 Å². The molecule has 4 heteroatoms. The molecule has 0 spiro atoms. The van der Waals surface area contributed by atoms with E-state index in [1.807, 2.05) is 6.08 Å². The summed E-state index contributed by atoms with van der Waals surface area (Å²) in [5, 5.41) is 6.78. The standard InChI is InChI=1S/C13H18N4/c1-2-15-11-13-8-5-7-12(10-13)6-3-4-9-16-17-14/h3,5-8,10,15H,2,4,9,11H2,1H3. The lowest BCUT2D eigenvalue weighted by atomic mass is 10.1. The van der Waals surface area contributed by atoms with E-state index in [9.17, 15) is 0 Å². The number of nitrogens with zero attached hydrogens (tertiary/aromatic N) is 3. The summed E-state index contributed by atoms with van der Waals surface area (Å²) in [5.74, 6) is 0. The maximum Gasteiger partial charge on any atom is 0.0292 e. The van der Waals surface area contributed by atoms with Crippen molar-refractivity contribution in [2.45, 2.75) is 19.9 Å². The van der Waals surface area contributed by atoms with Crippen molar-refractivity contribution in [1.82, 2.24) is 5.32 Å². The van der Waals surface area contributed by atoms with E-state index in [4.69, 9.17) is 5.53 Å². The van der Waals surface area contributed by atoms with Crippen LogP contribution < -0.4 is 5.32 Å². The van der Waals surface area contributed by atoms with Crippen molar-refractivity contribution in [3.05, 3.63) is 51.9 Å². The lowest BCUT2D eigenvalue weighted by Gasteiger charge is -2.02. The van der Waals surface area contributed by atoms with E-state index < -0.39 is 0 Å². The van der Waals surface area contributed by atoms with Gasteiger partial charge in [0.1, 0.15) is 0 Å². The van der Waals surface area contributed by atoms with Gasteiger partial charge < -0.3 is 5.32 Å². The highest BCUT2D eigenvalue weighted by Gasteiger charge is 1.92. The van der Waals surface area contributed by atoms with Crippen molar-refractivity contribution < 1.29 is 0 Å². The number of hydrogen-bond acceptors (Lipinski definition) is 2. The Balaban J connectivity index is 2.49. The Morgan fingerprint density at radius 3 is 3.12 bits per heavy atom. The first-order chi connectivity index (χ1) is 8.36. The largest absolute Gasteiger partial charge is 0.313 e. The molecule has 0 saturated carbocycles. The van der Waals surface area contributed by atoms with Gasteiger partial charge in [0.2, 0.25) is 0 Å². The second kappa shape index (κ2) is 8.39. The van der Waals surface area contributed by atoms with Gasteiger partial charge in [0, 0.05) is 18.0 Å². The third-order valence-electron chi connectivity index (χ3n) is 2.30. The topological polar surface area (TPSA) is 60.8 Å². The maximum atomic E-state index is 8.13. The molecule has 0 radical (unpaired) electrons. The van der Waals surface area contributed by atoms with Gasteiger partial charge in [-0.1, -0.05) is 48.5 Å². The highest BCUT2D eigenvalue weighted by atomic mass is 15.1. The molecule has 0 fully saturated rings. The number of benzene rings is 1. The monoisotopic (exact) mass is 230 g/mol. The molecule has 0 aromatic heterocycles. The van der Waals surface area contributed by atoms with Crippen LogP contribution >= 0.6 is 0 Å². The van der Waals surface area contributed by atoms with Gasteiger partial charge in [-0.25, -0.2) is 0 Å². The second-order valence-corrected chi connectivity index (χ2v) is 3.67. The van der Waals surface area contributed by atoms with Gasteiger partial charge in [-0.05, 0) is 29.6 Å². The SMILES string of the molecule is CCNCc1cccc(C=CCCN=[N+]=[N-])c1. The summed E-state index contributed by atoms with van der Waals surface area (Å²) >= 11 is 0. The van der Waals surface area contributed by atoms with Crippen LogP contribution in [0.3, 0.4) is 0 Å². The first-order valence-electron chi connectivity index (χ1n) is 5.84. The molecule has 1 rings (SSSR count). The van der Waals surface area contributed by atoms with Gasteiger partial charge in [-0.2, -0.15) is 0 Å². The van der Waals surface area contributed by atoms with Crippen molar-refractivity contribution in [3.63, 3.8) is 0 Å². The van der Waals surface area contributed by atoms with Gasteiger partial charge in [-0.3, -0.25) is 0 Å². The predicted octanol–water partition coefficient (Wildman–Crippen LogP) is 3.51. The minimum absolute atomic E-state index is 0.518. The van der Waals surface area contributed by atoms with E-state index in [-0.39, 0.29) is 0 Å². The molecule has 17 heavy (non-hydrogen) atoms. The van der Waals surface area contributed by atoms with E-state index in [1.54, 1.807) is 0 Å². The summed E-state index contributed by atoms with van der Waals surface area (Å²) in [6.07, 6.45) is 4.87. The molecular weight excluding hydrogens is 212 g/mol. The minimum atomic E-state index is 0.518. The van der Waals surface area contributed by atoms with Gasteiger partial charge in [0.05, 0.1) is 0 Å². The van der Waals surface area contributed by atoms with E-state index in [1.165, 1.54) is 11.1 Å². The number of hydrogen-bond donors (Lipinski definition) is 1. The fourth-order valence-corrected chi connectivity index (χ4v) is 1.47. The summed E-state index contributed by atoms with van der Waals surface area (Å²) < 4.78 is 0. The van der Waals surface area contributed by atoms with E-state index in [0.29, 0.717) is 6.54 Å². The Bertz CT molecular complexity index is 406. The Hall–Kier alpha value is -1.77. The average Bonchev–Trinajstić information content (AvgIpc) is 2.37. The Kier molecular flexibility index (Phi) is 6.56. The summed E-state index contributed by atoms with van der Waals surface area (Å²) in [4.78, 5) is 2.71. The van der Waals surface area contributed by atoms with Crippen LogP contribution in [-0.4, -0.2) is 13.1 Å². The highest BCUT2D eigenvalue weighted by Crippen LogP contribution is 2.07. The van der Waals surface area contributed by atoms with E-state index in [2.05, 4.69) is 52.6 Å². The molecule has 0 unspecified atom stereocenters. The Morgan fingerprint density at radius 1 is 1.47 bits per heavy atom. The molecule has 0 amide bonds. The smallest absolute Gasteiger partial charge is 0.0292 e.